The summed E-state index contributed by atoms with van der Waals surface area (Å²) in [6.45, 7) is 1.87. The van der Waals surface area contributed by atoms with Gasteiger partial charge in [-0.15, -0.1) is 0 Å². The molecule has 0 saturated heterocycles. The molecule has 2 aromatic carbocycles. The van der Waals surface area contributed by atoms with Crippen molar-refractivity contribution >= 4 is 32.6 Å². The summed E-state index contributed by atoms with van der Waals surface area (Å²) < 4.78 is 17.5. The van der Waals surface area contributed by atoms with Gasteiger partial charge in [-0.2, -0.15) is 0 Å². The van der Waals surface area contributed by atoms with E-state index in [9.17, 15) is 9.90 Å². The van der Waals surface area contributed by atoms with Crippen LogP contribution >= 0.6 is 11.3 Å². The van der Waals surface area contributed by atoms with Gasteiger partial charge in [0.15, 0.2) is 5.13 Å². The van der Waals surface area contributed by atoms with E-state index < -0.39 is 6.10 Å². The number of amides is 1. The third-order valence-electron chi connectivity index (χ3n) is 5.37. The van der Waals surface area contributed by atoms with E-state index >= 15 is 0 Å². The number of hydrogen-bond acceptors (Lipinski definition) is 9. The number of ether oxygens (including phenoxy) is 3. The topological polar surface area (TPSA) is 115 Å². The van der Waals surface area contributed by atoms with Crippen LogP contribution in [0.15, 0.2) is 54.7 Å². The Labute approximate surface area is 206 Å². The van der Waals surface area contributed by atoms with Gasteiger partial charge >= 0.3 is 0 Å². The fourth-order valence-electron chi connectivity index (χ4n) is 3.51. The maximum absolute atomic E-state index is 11.8. The number of nitrogens with one attached hydrogen (secondary N) is 2. The number of methoxy groups -OCH3 is 2. The average molecular weight is 495 g/mol. The predicted molar refractivity (Wildman–Crippen MR) is 135 cm³/mol. The second-order valence-corrected chi connectivity index (χ2v) is 8.72. The van der Waals surface area contributed by atoms with Crippen molar-refractivity contribution in [2.75, 3.05) is 26.6 Å². The van der Waals surface area contributed by atoms with Crippen LogP contribution in [-0.2, 0) is 0 Å². The van der Waals surface area contributed by atoms with E-state index in [1.807, 2.05) is 25.1 Å². The molecule has 1 amide bonds. The summed E-state index contributed by atoms with van der Waals surface area (Å²) in [5.74, 6) is 2.04. The summed E-state index contributed by atoms with van der Waals surface area (Å²) in [6, 6.07) is 13.8. The Kier molecular flexibility index (Phi) is 7.33. The van der Waals surface area contributed by atoms with Crippen LogP contribution in [0.25, 0.3) is 10.2 Å². The average Bonchev–Trinajstić information content (AvgIpc) is 3.28. The van der Waals surface area contributed by atoms with E-state index in [-0.39, 0.29) is 17.6 Å². The molecule has 2 heterocycles. The maximum atomic E-state index is 11.8. The van der Waals surface area contributed by atoms with Crippen LogP contribution in [-0.4, -0.2) is 48.3 Å². The van der Waals surface area contributed by atoms with Gasteiger partial charge in [0, 0.05) is 30.9 Å². The number of aliphatic hydroxyl groups excluding tert-OH is 1. The highest BCUT2D eigenvalue weighted by molar-refractivity contribution is 7.22. The minimum atomic E-state index is -0.854. The van der Waals surface area contributed by atoms with Gasteiger partial charge in [-0.25, -0.2) is 4.98 Å². The first-order chi connectivity index (χ1) is 16.9. The first-order valence-electron chi connectivity index (χ1n) is 10.8. The number of carbonyl (C=O) groups is 1. The van der Waals surface area contributed by atoms with Crippen LogP contribution in [0.5, 0.6) is 23.0 Å². The predicted octanol–water partition coefficient (Wildman–Crippen LogP) is 4.39. The Hall–Kier alpha value is -3.89. The van der Waals surface area contributed by atoms with Crippen LogP contribution < -0.4 is 24.8 Å². The molecule has 0 aliphatic heterocycles. The Morgan fingerprint density at radius 3 is 2.54 bits per heavy atom. The Morgan fingerprint density at radius 1 is 1.03 bits per heavy atom. The summed E-state index contributed by atoms with van der Waals surface area (Å²) >= 11 is 1.45. The zero-order valence-electron chi connectivity index (χ0n) is 19.7. The number of anilines is 1. The lowest BCUT2D eigenvalue weighted by molar-refractivity contribution is 0.0958. The van der Waals surface area contributed by atoms with Crippen LogP contribution in [0.4, 0.5) is 5.13 Å². The number of nitrogens with zero attached hydrogens (tertiary/aromatic N) is 2. The van der Waals surface area contributed by atoms with Crippen LogP contribution in [0.1, 0.15) is 29.1 Å². The van der Waals surface area contributed by atoms with Gasteiger partial charge in [0.25, 0.3) is 5.91 Å². The third kappa shape index (κ3) is 5.44. The summed E-state index contributed by atoms with van der Waals surface area (Å²) in [5, 5.41) is 17.5. The zero-order chi connectivity index (χ0) is 24.9. The Balaban J connectivity index is 1.50. The molecule has 2 unspecified atom stereocenters. The van der Waals surface area contributed by atoms with Crippen molar-refractivity contribution in [1.82, 2.24) is 15.3 Å². The van der Waals surface area contributed by atoms with Crippen LogP contribution in [0.3, 0.4) is 0 Å². The standard InChI is InChI=1S/C25H26N4O5S/c1-14(23(30)18-11-15(32-3)6-8-21(18)33-4)28-25-29-19-7-5-16(13-22(19)35-25)34-17-9-10-27-20(12-17)24(31)26-2/h5-14,23,30H,1-4H3,(H,26,31)(H,28,29). The molecule has 0 aliphatic carbocycles. The summed E-state index contributed by atoms with van der Waals surface area (Å²) in [4.78, 5) is 20.5. The molecular weight excluding hydrogens is 468 g/mol. The van der Waals surface area contributed by atoms with Gasteiger partial charge in [0.1, 0.15) is 34.8 Å². The zero-order valence-corrected chi connectivity index (χ0v) is 20.6. The summed E-state index contributed by atoms with van der Waals surface area (Å²) in [5.41, 5.74) is 1.69. The monoisotopic (exact) mass is 494 g/mol. The molecule has 4 rings (SSSR count). The molecule has 2 atom stereocenters. The molecular formula is C25H26N4O5S. The second-order valence-electron chi connectivity index (χ2n) is 7.69. The van der Waals surface area contributed by atoms with Crippen molar-refractivity contribution < 1.29 is 24.1 Å². The first kappa shape index (κ1) is 24.2. The number of pyridine rings is 1. The van der Waals surface area contributed by atoms with Crippen molar-refractivity contribution in [3.63, 3.8) is 0 Å². The van der Waals surface area contributed by atoms with E-state index in [0.29, 0.717) is 33.7 Å². The van der Waals surface area contributed by atoms with E-state index in [4.69, 9.17) is 14.2 Å². The van der Waals surface area contributed by atoms with Crippen LogP contribution in [0, 0.1) is 0 Å². The molecule has 3 N–H and O–H groups in total. The van der Waals surface area contributed by atoms with Crippen molar-refractivity contribution in [1.29, 1.82) is 0 Å². The first-order valence-corrected chi connectivity index (χ1v) is 11.7. The highest BCUT2D eigenvalue weighted by Gasteiger charge is 2.22. The molecule has 9 nitrogen and oxygen atoms in total. The minimum absolute atomic E-state index is 0.274. The smallest absolute Gasteiger partial charge is 0.269 e. The summed E-state index contributed by atoms with van der Waals surface area (Å²) in [7, 11) is 4.69. The number of thiazole rings is 1. The van der Waals surface area contributed by atoms with Gasteiger partial charge in [-0.1, -0.05) is 11.3 Å². The van der Waals surface area contributed by atoms with Crippen LogP contribution in [0.2, 0.25) is 0 Å². The van der Waals surface area contributed by atoms with Crippen molar-refractivity contribution in [3.8, 4) is 23.0 Å². The van der Waals surface area contributed by atoms with E-state index in [2.05, 4.69) is 20.6 Å². The third-order valence-corrected chi connectivity index (χ3v) is 6.32. The fraction of sp³-hybridized carbons (Fsp3) is 0.240. The molecule has 4 aromatic rings. The molecule has 35 heavy (non-hydrogen) atoms. The second kappa shape index (κ2) is 10.6. The van der Waals surface area contributed by atoms with Gasteiger partial charge in [0.2, 0.25) is 0 Å². The van der Waals surface area contributed by atoms with Gasteiger partial charge in [-0.3, -0.25) is 9.78 Å². The van der Waals surface area contributed by atoms with Gasteiger partial charge < -0.3 is 30.0 Å². The Morgan fingerprint density at radius 2 is 1.80 bits per heavy atom. The Bertz CT molecular complexity index is 1340. The minimum Gasteiger partial charge on any atom is -0.497 e. The number of fused-ring (bicyclic) bond motifs is 1. The number of aromatic nitrogens is 2. The van der Waals surface area contributed by atoms with Gasteiger partial charge in [-0.05, 0) is 43.3 Å². The quantitative estimate of drug-likeness (QED) is 0.314. The molecule has 0 fully saturated rings. The molecule has 182 valence electrons. The van der Waals surface area contributed by atoms with E-state index in [0.717, 1.165) is 10.2 Å². The molecule has 2 aromatic heterocycles. The molecule has 0 bridgehead atoms. The SMILES string of the molecule is CNC(=O)c1cc(Oc2ccc3nc(NC(C)C(O)c4cc(OC)ccc4OC)sc3c2)ccn1. The van der Waals surface area contributed by atoms with Crippen molar-refractivity contribution in [2.45, 2.75) is 19.1 Å². The normalized spacial score (nSPS) is 12.6. The van der Waals surface area contributed by atoms with E-state index in [1.165, 1.54) is 17.5 Å². The number of hydrogen-bond donors (Lipinski definition) is 3. The molecule has 0 spiro atoms. The molecule has 0 radical (unpaired) electrons. The largest absolute Gasteiger partial charge is 0.497 e. The number of benzene rings is 2. The maximum Gasteiger partial charge on any atom is 0.269 e. The molecule has 10 heteroatoms. The molecule has 0 saturated carbocycles. The summed E-state index contributed by atoms with van der Waals surface area (Å²) in [6.07, 6.45) is 0.670. The highest BCUT2D eigenvalue weighted by atomic mass is 32.1. The lowest BCUT2D eigenvalue weighted by Gasteiger charge is -2.22. The van der Waals surface area contributed by atoms with Gasteiger partial charge in [0.05, 0.1) is 30.5 Å². The highest BCUT2D eigenvalue weighted by Crippen LogP contribution is 2.35. The van der Waals surface area contributed by atoms with E-state index in [1.54, 1.807) is 51.6 Å². The fourth-order valence-corrected chi connectivity index (χ4v) is 4.50. The lowest BCUT2D eigenvalue weighted by atomic mass is 10.0. The number of carbonyl (C=O) groups excluding carboxylic acids is 1. The van der Waals surface area contributed by atoms with Crippen molar-refractivity contribution in [2.24, 2.45) is 0 Å². The number of aliphatic hydroxyl groups is 1. The lowest BCUT2D eigenvalue weighted by Crippen LogP contribution is -2.24. The van der Waals surface area contributed by atoms with Crippen molar-refractivity contribution in [3.05, 3.63) is 66.0 Å². The molecule has 0 aliphatic rings. The number of rotatable bonds is 9.